The molecule has 37 heavy (non-hydrogen) atoms. The van der Waals surface area contributed by atoms with Gasteiger partial charge in [-0.15, -0.1) is 0 Å². The highest BCUT2D eigenvalue weighted by Crippen LogP contribution is 2.40. The molecule has 1 saturated heterocycles. The third kappa shape index (κ3) is 11.2. The van der Waals surface area contributed by atoms with E-state index >= 15 is 0 Å². The first kappa shape index (κ1) is 33.3. The predicted octanol–water partition coefficient (Wildman–Crippen LogP) is 7.18. The van der Waals surface area contributed by atoms with Gasteiger partial charge in [-0.05, 0) is 84.1 Å². The highest BCUT2D eigenvalue weighted by atomic mass is 28.4. The van der Waals surface area contributed by atoms with Gasteiger partial charge in [0.05, 0.1) is 14.7 Å². The van der Waals surface area contributed by atoms with E-state index in [0.717, 1.165) is 5.56 Å². The van der Waals surface area contributed by atoms with Crippen LogP contribution >= 0.6 is 0 Å². The maximum Gasteiger partial charge on any atom is 0.184 e. The van der Waals surface area contributed by atoms with Gasteiger partial charge in [0, 0.05) is 0 Å². The topological polar surface area (TPSA) is 46.2 Å². The molecule has 1 fully saturated rings. The lowest BCUT2D eigenvalue weighted by Gasteiger charge is -2.51. The van der Waals surface area contributed by atoms with Gasteiger partial charge >= 0.3 is 0 Å². The zero-order chi connectivity index (χ0) is 28.6. The minimum Gasteiger partial charge on any atom is -0.415 e. The summed E-state index contributed by atoms with van der Waals surface area (Å²) in [6, 6.07) is 9.09. The van der Waals surface area contributed by atoms with E-state index in [9.17, 15) is 0 Å². The second-order valence-electron chi connectivity index (χ2n) is 15.5. The second kappa shape index (κ2) is 11.9. The lowest BCUT2D eigenvalue weighted by molar-refractivity contribution is -0.216. The van der Waals surface area contributed by atoms with Gasteiger partial charge in [0.2, 0.25) is 0 Å². The van der Waals surface area contributed by atoms with E-state index in [4.69, 9.17) is 22.4 Å². The van der Waals surface area contributed by atoms with Crippen molar-refractivity contribution in [3.63, 3.8) is 0 Å². The first-order valence-corrected chi connectivity index (χ1v) is 31.0. The zero-order valence-corrected chi connectivity index (χ0v) is 31.4. The van der Waals surface area contributed by atoms with Gasteiger partial charge in [-0.25, -0.2) is 0 Å². The molecule has 214 valence electrons. The Labute approximate surface area is 233 Å². The van der Waals surface area contributed by atoms with Crippen LogP contribution in [0.15, 0.2) is 24.3 Å². The Kier molecular flexibility index (Phi) is 10.7. The van der Waals surface area contributed by atoms with E-state index in [-0.39, 0.29) is 30.5 Å². The summed E-state index contributed by atoms with van der Waals surface area (Å²) in [7, 11) is -8.98. The molecule has 1 unspecified atom stereocenters. The average Bonchev–Trinajstić information content (AvgIpc) is 2.65. The highest BCUT2D eigenvalue weighted by Gasteiger charge is 2.52. The van der Waals surface area contributed by atoms with Crippen LogP contribution in [0.25, 0.3) is 0 Å². The first-order valence-electron chi connectivity index (χ1n) is 13.9. The molecular weight excluding hydrogens is 545 g/mol. The fraction of sp³-hybridized carbons (Fsp3) is 0.778. The Hall–Kier alpha value is 0.104. The fourth-order valence-electron chi connectivity index (χ4n) is 4.45. The van der Waals surface area contributed by atoms with Crippen LogP contribution in [0.5, 0.6) is 0 Å². The molecule has 1 aliphatic heterocycles. The van der Waals surface area contributed by atoms with Gasteiger partial charge in [-0.3, -0.25) is 0 Å². The summed E-state index contributed by atoms with van der Waals surface area (Å²) in [4.78, 5) is 0. The third-order valence-corrected chi connectivity index (χ3v) is 11.9. The SMILES string of the molecule is C[Si](C)(C)OC[C@H]1OC(c2ccc([Si](C)(C)C)cc2)[C@H](O[Si](C)(C)C)[C@@H](O[Si](C)(C)C)[C@H]1O[Si](C)(C)C. The van der Waals surface area contributed by atoms with Gasteiger partial charge in [0.25, 0.3) is 0 Å². The lowest BCUT2D eigenvalue weighted by Crippen LogP contribution is -2.63. The molecule has 1 aromatic rings. The molecule has 2 rings (SSSR count). The summed E-state index contributed by atoms with van der Waals surface area (Å²) in [5.41, 5.74) is 1.15. The molecule has 0 radical (unpaired) electrons. The Morgan fingerprint density at radius 3 is 1.41 bits per heavy atom. The molecule has 0 amide bonds. The lowest BCUT2D eigenvalue weighted by atomic mass is 9.91. The average molecular weight is 601 g/mol. The Morgan fingerprint density at radius 2 is 1.00 bits per heavy atom. The van der Waals surface area contributed by atoms with E-state index in [1.807, 2.05) is 0 Å². The van der Waals surface area contributed by atoms with E-state index in [0.29, 0.717) is 6.61 Å². The molecule has 0 bridgehead atoms. The summed E-state index contributed by atoms with van der Waals surface area (Å²) in [5, 5.41) is 1.45. The number of hydrogen-bond donors (Lipinski definition) is 0. The van der Waals surface area contributed by atoms with E-state index in [1.165, 1.54) is 5.19 Å². The Balaban J connectivity index is 2.64. The maximum atomic E-state index is 7.00. The largest absolute Gasteiger partial charge is 0.415 e. The summed E-state index contributed by atoms with van der Waals surface area (Å²) in [5.74, 6) is 0. The van der Waals surface area contributed by atoms with Crippen LogP contribution in [0.4, 0.5) is 0 Å². The minimum absolute atomic E-state index is 0.212. The molecule has 5 nitrogen and oxygen atoms in total. The first-order chi connectivity index (χ1) is 16.5. The van der Waals surface area contributed by atoms with Crippen molar-refractivity contribution in [1.29, 1.82) is 0 Å². The van der Waals surface area contributed by atoms with Gasteiger partial charge < -0.3 is 22.4 Å². The van der Waals surface area contributed by atoms with Crippen LogP contribution < -0.4 is 5.19 Å². The summed E-state index contributed by atoms with van der Waals surface area (Å²) in [6.07, 6.45) is -1.13. The van der Waals surface area contributed by atoms with Gasteiger partial charge in [-0.2, -0.15) is 0 Å². The number of benzene rings is 1. The second-order valence-corrected chi connectivity index (χ2v) is 38.4. The molecule has 0 saturated carbocycles. The minimum atomic E-state index is -1.94. The van der Waals surface area contributed by atoms with Crippen molar-refractivity contribution in [2.24, 2.45) is 0 Å². The van der Waals surface area contributed by atoms with Crippen molar-refractivity contribution in [1.82, 2.24) is 0 Å². The number of rotatable bonds is 11. The molecule has 0 N–H and O–H groups in total. The quantitative estimate of drug-likeness (QED) is 0.252. The molecule has 1 aliphatic rings. The number of hydrogen-bond acceptors (Lipinski definition) is 5. The number of ether oxygens (including phenoxy) is 1. The van der Waals surface area contributed by atoms with Gasteiger partial charge in [-0.1, -0.05) is 49.1 Å². The molecule has 0 spiro atoms. The van der Waals surface area contributed by atoms with Crippen molar-refractivity contribution < 1.29 is 22.4 Å². The molecule has 10 heteroatoms. The summed E-state index contributed by atoms with van der Waals surface area (Å²) in [6.45, 7) is 34.6. The van der Waals surface area contributed by atoms with E-state index < -0.39 is 41.3 Å². The molecule has 0 aromatic heterocycles. The van der Waals surface area contributed by atoms with Crippen LogP contribution in [0.3, 0.4) is 0 Å². The monoisotopic (exact) mass is 600 g/mol. The standard InChI is InChI=1S/C27H56O5Si5/c1-33(2,3)22-18-16-21(17-19-22)24-26(31-36(10,11)12)27(32-37(13,14)15)25(30-35(7,8)9)23(29-24)20-28-34(4,5)6/h16-19,23-27H,20H2,1-15H3/t23-,24?,25+,26+,27+/m1/s1. The molecule has 1 heterocycles. The Bertz CT molecular complexity index is 860. The smallest absolute Gasteiger partial charge is 0.184 e. The van der Waals surface area contributed by atoms with Crippen LogP contribution in [0.1, 0.15) is 11.7 Å². The van der Waals surface area contributed by atoms with Crippen LogP contribution in [-0.2, 0) is 22.4 Å². The normalized spacial score (nSPS) is 26.4. The fourth-order valence-corrected chi connectivity index (χ4v) is 9.54. The molecule has 1 aromatic carbocycles. The van der Waals surface area contributed by atoms with Crippen LogP contribution in [0, 0.1) is 0 Å². The van der Waals surface area contributed by atoms with Crippen molar-refractivity contribution >= 4 is 46.5 Å². The molecular formula is C27H56O5Si5. The zero-order valence-electron chi connectivity index (χ0n) is 26.4. The summed E-state index contributed by atoms with van der Waals surface area (Å²) >= 11 is 0. The maximum absolute atomic E-state index is 7.00. The Morgan fingerprint density at radius 1 is 0.568 bits per heavy atom. The van der Waals surface area contributed by atoms with Crippen molar-refractivity contribution in [3.05, 3.63) is 29.8 Å². The van der Waals surface area contributed by atoms with Gasteiger partial charge in [0.15, 0.2) is 33.3 Å². The van der Waals surface area contributed by atoms with Gasteiger partial charge in [0.1, 0.15) is 30.5 Å². The molecule has 0 aliphatic carbocycles. The highest BCUT2D eigenvalue weighted by molar-refractivity contribution is 6.88. The molecule has 5 atom stereocenters. The van der Waals surface area contributed by atoms with Crippen molar-refractivity contribution in [2.75, 3.05) is 6.61 Å². The third-order valence-electron chi connectivity index (χ3n) is 5.89. The predicted molar refractivity (Wildman–Crippen MR) is 171 cm³/mol. The summed E-state index contributed by atoms with van der Waals surface area (Å²) < 4.78 is 34.3. The van der Waals surface area contributed by atoms with E-state index in [2.05, 4.69) is 122 Å². The van der Waals surface area contributed by atoms with Crippen molar-refractivity contribution in [2.45, 2.75) is 129 Å². The van der Waals surface area contributed by atoms with Crippen LogP contribution in [-0.4, -0.2) is 72.4 Å². The van der Waals surface area contributed by atoms with E-state index in [1.54, 1.807) is 0 Å². The van der Waals surface area contributed by atoms with Crippen LogP contribution in [0.2, 0.25) is 98.2 Å². The van der Waals surface area contributed by atoms with Crippen molar-refractivity contribution in [3.8, 4) is 0 Å².